The van der Waals surface area contributed by atoms with Gasteiger partial charge in [-0.25, -0.2) is 13.4 Å². The fourth-order valence-corrected chi connectivity index (χ4v) is 9.81. The zero-order chi connectivity index (χ0) is 39.2. The van der Waals surface area contributed by atoms with Gasteiger partial charge in [-0.2, -0.15) is 0 Å². The fourth-order valence-electron chi connectivity index (χ4n) is 8.16. The first-order valence-electron chi connectivity index (χ1n) is 19.0. The summed E-state index contributed by atoms with van der Waals surface area (Å²) in [7, 11) is -2.34. The minimum Gasteiger partial charge on any atom is -0.494 e. The average molecular weight is 786 g/mol. The molecule has 3 heterocycles. The number of rotatable bonds is 8. The number of ether oxygens (including phenoxy) is 3. The Bertz CT molecular complexity index is 1940. The number of hydrogen-bond acceptors (Lipinski definition) is 10. The molecule has 2 aromatic rings. The predicted molar refractivity (Wildman–Crippen MR) is 203 cm³/mol. The molecule has 14 heteroatoms. The monoisotopic (exact) mass is 785 g/mol. The molecular formula is C40H52ClN3O9S. The summed E-state index contributed by atoms with van der Waals surface area (Å²) in [5.41, 5.74) is -2.02. The summed E-state index contributed by atoms with van der Waals surface area (Å²) in [6, 6.07) is 4.30. The molecule has 2 amide bonds. The van der Waals surface area contributed by atoms with Crippen molar-refractivity contribution in [1.82, 2.24) is 14.6 Å². The van der Waals surface area contributed by atoms with Crippen molar-refractivity contribution in [1.29, 1.82) is 0 Å². The summed E-state index contributed by atoms with van der Waals surface area (Å²) >= 11 is 6.56. The van der Waals surface area contributed by atoms with Crippen molar-refractivity contribution >= 4 is 56.0 Å². The van der Waals surface area contributed by atoms with Gasteiger partial charge in [-0.15, -0.1) is 0 Å². The molecule has 1 unspecified atom stereocenters. The number of Topliss-reactive ketones (excluding diaryl/α,β-unsaturated/α-hetero) is 1. The van der Waals surface area contributed by atoms with E-state index >= 15 is 0 Å². The molecule has 2 aliphatic carbocycles. The van der Waals surface area contributed by atoms with Crippen molar-refractivity contribution in [2.75, 3.05) is 13.7 Å². The number of carbonyl (C=O) groups excluding carboxylic acids is 4. The van der Waals surface area contributed by atoms with E-state index < -0.39 is 56.2 Å². The van der Waals surface area contributed by atoms with Crippen molar-refractivity contribution in [3.05, 3.63) is 41.6 Å². The highest BCUT2D eigenvalue weighted by Gasteiger charge is 2.61. The molecule has 1 aromatic carbocycles. The summed E-state index contributed by atoms with van der Waals surface area (Å²) in [5.74, 6) is -2.34. The van der Waals surface area contributed by atoms with Gasteiger partial charge in [-0.1, -0.05) is 43.7 Å². The van der Waals surface area contributed by atoms with Crippen LogP contribution < -0.4 is 14.2 Å². The molecule has 12 nitrogen and oxygen atoms in total. The maximum atomic E-state index is 14.8. The number of amides is 2. The standard InChI is InChI=1S/C40H52ClN3O9S/c1-23-10-7-8-11-25-19-40(25,38(48)43-54(49,50)27-14-15-27)20-32(45)31-17-26(52-36-28-12-9-13-30(41)35(28)33(51-6)21-42-36)22-44(31)37(47)29(24(2)16-23)18-34(46)53-39(3,4)5/h8-9,11-13,21,23-27,29,31H,7,10,14-20,22H2,1-6H3,(H,43,48)/b11-8-/t23?,24-,25-,26-,29+,31+,40-/m1/s1. The van der Waals surface area contributed by atoms with Gasteiger partial charge in [0.2, 0.25) is 27.7 Å². The predicted octanol–water partition coefficient (Wildman–Crippen LogP) is 6.18. The second kappa shape index (κ2) is 15.4. The number of allylic oxidation sites excluding steroid dienone is 2. The number of hydrogen-bond donors (Lipinski definition) is 1. The number of esters is 1. The van der Waals surface area contributed by atoms with E-state index in [1.54, 1.807) is 39.0 Å². The molecule has 1 saturated heterocycles. The van der Waals surface area contributed by atoms with Gasteiger partial charge in [-0.05, 0) is 89.2 Å². The minimum atomic E-state index is -3.86. The molecule has 294 valence electrons. The lowest BCUT2D eigenvalue weighted by molar-refractivity contribution is -0.160. The first kappa shape index (κ1) is 40.0. The highest BCUT2D eigenvalue weighted by atomic mass is 35.5. The van der Waals surface area contributed by atoms with Gasteiger partial charge in [0.15, 0.2) is 5.78 Å². The first-order chi connectivity index (χ1) is 25.4. The topological polar surface area (TPSA) is 158 Å². The van der Waals surface area contributed by atoms with E-state index in [9.17, 15) is 27.6 Å². The summed E-state index contributed by atoms with van der Waals surface area (Å²) in [6.07, 6.45) is 7.94. The first-order valence-corrected chi connectivity index (χ1v) is 20.9. The number of methoxy groups -OCH3 is 1. The molecule has 0 bridgehead atoms. The van der Waals surface area contributed by atoms with Gasteiger partial charge in [-0.3, -0.25) is 23.9 Å². The van der Waals surface area contributed by atoms with Crippen LogP contribution in [0.15, 0.2) is 36.5 Å². The number of fused-ring (bicyclic) bond motifs is 3. The van der Waals surface area contributed by atoms with Crippen LogP contribution in [0.25, 0.3) is 10.8 Å². The molecule has 0 radical (unpaired) electrons. The maximum absolute atomic E-state index is 14.8. The van der Waals surface area contributed by atoms with Crippen LogP contribution in [-0.2, 0) is 33.9 Å². The van der Waals surface area contributed by atoms with Crippen LogP contribution in [0.1, 0.15) is 92.4 Å². The number of benzene rings is 1. The Morgan fingerprint density at radius 1 is 1.11 bits per heavy atom. The minimum absolute atomic E-state index is 0.0245. The van der Waals surface area contributed by atoms with Crippen molar-refractivity contribution in [2.45, 2.75) is 115 Å². The normalized spacial score (nSPS) is 30.0. The Hall–Kier alpha value is -3.71. The molecule has 0 spiro atoms. The summed E-state index contributed by atoms with van der Waals surface area (Å²) in [5, 5.41) is 1.03. The summed E-state index contributed by atoms with van der Waals surface area (Å²) in [4.78, 5) is 62.6. The van der Waals surface area contributed by atoms with Crippen molar-refractivity contribution < 1.29 is 41.8 Å². The van der Waals surface area contributed by atoms with E-state index in [2.05, 4.69) is 16.6 Å². The molecule has 7 atom stereocenters. The number of carbonyl (C=O) groups is 4. The second-order valence-electron chi connectivity index (χ2n) is 16.8. The Balaban J connectivity index is 1.36. The van der Waals surface area contributed by atoms with Crippen LogP contribution in [0, 0.1) is 29.1 Å². The molecule has 3 fully saturated rings. The molecule has 6 rings (SSSR count). The Morgan fingerprint density at radius 3 is 2.54 bits per heavy atom. The second-order valence-corrected chi connectivity index (χ2v) is 19.2. The molecule has 1 N–H and O–H groups in total. The van der Waals surface area contributed by atoms with Gasteiger partial charge < -0.3 is 19.1 Å². The largest absolute Gasteiger partial charge is 0.494 e. The lowest BCUT2D eigenvalue weighted by atomic mass is 9.82. The van der Waals surface area contributed by atoms with Gasteiger partial charge in [0.25, 0.3) is 0 Å². The lowest BCUT2D eigenvalue weighted by Crippen LogP contribution is -2.47. The zero-order valence-corrected chi connectivity index (χ0v) is 33.5. The van der Waals surface area contributed by atoms with Crippen LogP contribution in [0.2, 0.25) is 5.02 Å². The number of pyridine rings is 1. The third-order valence-corrected chi connectivity index (χ3v) is 13.4. The Kier molecular flexibility index (Phi) is 11.4. The van der Waals surface area contributed by atoms with E-state index in [1.165, 1.54) is 18.2 Å². The SMILES string of the molecule is COc1cnc(O[C@@H]2C[C@H]3C(=O)C[C@]4(C(=O)NS(=O)(=O)C5CC5)C[C@H]4/C=C\CCC(C)C[C@@H](C)[C@H](CC(=O)OC(C)(C)C)C(=O)N3C2)c2cccc(Cl)c12. The fraction of sp³-hybridized carbons (Fsp3) is 0.625. The number of sulfonamides is 1. The highest BCUT2D eigenvalue weighted by Crippen LogP contribution is 2.57. The number of nitrogens with one attached hydrogen (secondary N) is 1. The number of halogens is 1. The molecule has 1 aromatic heterocycles. The average Bonchev–Trinajstić information content (AvgIpc) is 4.01. The lowest BCUT2D eigenvalue weighted by Gasteiger charge is -2.32. The van der Waals surface area contributed by atoms with E-state index in [1.807, 2.05) is 19.1 Å². The van der Waals surface area contributed by atoms with Gasteiger partial charge in [0, 0.05) is 23.6 Å². The van der Waals surface area contributed by atoms with Crippen LogP contribution >= 0.6 is 11.6 Å². The summed E-state index contributed by atoms with van der Waals surface area (Å²) < 4.78 is 45.8. The van der Waals surface area contributed by atoms with E-state index in [4.69, 9.17) is 25.8 Å². The Labute approximate surface area is 322 Å². The van der Waals surface area contributed by atoms with Gasteiger partial charge in [0.05, 0.1) is 53.9 Å². The van der Waals surface area contributed by atoms with Crippen LogP contribution in [-0.4, -0.2) is 78.5 Å². The van der Waals surface area contributed by atoms with Gasteiger partial charge in [0.1, 0.15) is 17.5 Å². The van der Waals surface area contributed by atoms with Crippen molar-refractivity contribution in [3.63, 3.8) is 0 Å². The van der Waals surface area contributed by atoms with E-state index in [0.717, 1.165) is 6.42 Å². The van der Waals surface area contributed by atoms with Crippen LogP contribution in [0.4, 0.5) is 0 Å². The van der Waals surface area contributed by atoms with Crippen molar-refractivity contribution in [3.8, 4) is 11.6 Å². The molecular weight excluding hydrogens is 734 g/mol. The third-order valence-electron chi connectivity index (χ3n) is 11.3. The van der Waals surface area contributed by atoms with E-state index in [0.29, 0.717) is 53.6 Å². The van der Waals surface area contributed by atoms with E-state index in [-0.39, 0.29) is 61.1 Å². The third kappa shape index (κ3) is 8.72. The van der Waals surface area contributed by atoms with Crippen molar-refractivity contribution in [2.24, 2.45) is 29.1 Å². The highest BCUT2D eigenvalue weighted by molar-refractivity contribution is 7.90. The number of ketones is 1. The number of aromatic nitrogens is 1. The molecule has 54 heavy (non-hydrogen) atoms. The number of nitrogens with zero attached hydrogens (tertiary/aromatic N) is 2. The smallest absolute Gasteiger partial charge is 0.307 e. The molecule has 4 aliphatic rings. The maximum Gasteiger partial charge on any atom is 0.307 e. The van der Waals surface area contributed by atoms with Gasteiger partial charge >= 0.3 is 5.97 Å². The molecule has 2 saturated carbocycles. The van der Waals surface area contributed by atoms with Crippen LogP contribution in [0.3, 0.4) is 0 Å². The quantitative estimate of drug-likeness (QED) is 0.242. The van der Waals surface area contributed by atoms with Crippen LogP contribution in [0.5, 0.6) is 11.6 Å². The zero-order valence-electron chi connectivity index (χ0n) is 31.9. The molecule has 2 aliphatic heterocycles. The Morgan fingerprint density at radius 2 is 1.85 bits per heavy atom. The summed E-state index contributed by atoms with van der Waals surface area (Å²) in [6.45, 7) is 9.42.